The van der Waals surface area contributed by atoms with Crippen molar-refractivity contribution in [2.45, 2.75) is 70.4 Å². The maximum Gasteiger partial charge on any atom is 0.331 e. The van der Waals surface area contributed by atoms with E-state index < -0.39 is 17.3 Å². The molecule has 2 aliphatic heterocycles. The molecule has 1 N–H and O–H groups in total. The summed E-state index contributed by atoms with van der Waals surface area (Å²) in [5.41, 5.74) is -0.193. The zero-order valence-electron chi connectivity index (χ0n) is 17.3. The van der Waals surface area contributed by atoms with E-state index in [0.29, 0.717) is 12.3 Å². The molecule has 3 aliphatic rings. The molecule has 2 heterocycles. The second-order valence-corrected chi connectivity index (χ2v) is 9.46. The van der Waals surface area contributed by atoms with E-state index in [1.165, 1.54) is 6.08 Å². The highest BCUT2D eigenvalue weighted by Gasteiger charge is 2.70. The van der Waals surface area contributed by atoms with Gasteiger partial charge in [-0.2, -0.15) is 0 Å². The Kier molecular flexibility index (Phi) is 4.91. The van der Waals surface area contributed by atoms with Gasteiger partial charge in [-0.3, -0.25) is 0 Å². The lowest BCUT2D eigenvalue weighted by molar-refractivity contribution is -0.263. The van der Waals surface area contributed by atoms with Crippen LogP contribution in [0.15, 0.2) is 36.4 Å². The molecule has 4 nitrogen and oxygen atoms in total. The fourth-order valence-corrected chi connectivity index (χ4v) is 6.00. The molecule has 0 radical (unpaired) electrons. The lowest BCUT2D eigenvalue weighted by Crippen LogP contribution is -2.62. The van der Waals surface area contributed by atoms with Crippen LogP contribution in [0.3, 0.4) is 0 Å². The summed E-state index contributed by atoms with van der Waals surface area (Å²) in [4.78, 5) is 12.8. The lowest BCUT2D eigenvalue weighted by atomic mass is 9.69. The van der Waals surface area contributed by atoms with Crippen LogP contribution in [0.1, 0.15) is 52.5 Å². The number of rotatable bonds is 4. The molecule has 1 saturated carbocycles. The highest BCUT2D eigenvalue weighted by atomic mass is 16.6. The minimum Gasteiger partial charge on any atom is -0.456 e. The van der Waals surface area contributed by atoms with E-state index in [2.05, 4.69) is 27.7 Å². The van der Waals surface area contributed by atoms with Crippen LogP contribution >= 0.6 is 0 Å². The van der Waals surface area contributed by atoms with Gasteiger partial charge in [-0.05, 0) is 49.2 Å². The van der Waals surface area contributed by atoms with Crippen molar-refractivity contribution < 1.29 is 19.4 Å². The van der Waals surface area contributed by atoms with Crippen LogP contribution in [0.25, 0.3) is 6.08 Å². The third-order valence-electron chi connectivity index (χ3n) is 7.64. The Morgan fingerprint density at radius 3 is 2.68 bits per heavy atom. The molecule has 2 bridgehead atoms. The zero-order chi connectivity index (χ0) is 20.1. The van der Waals surface area contributed by atoms with Crippen molar-refractivity contribution in [3.05, 3.63) is 42.0 Å². The van der Waals surface area contributed by atoms with Crippen LogP contribution in [0.4, 0.5) is 0 Å². The molecule has 7 atom stereocenters. The molecule has 3 fully saturated rings. The van der Waals surface area contributed by atoms with Gasteiger partial charge in [0, 0.05) is 18.4 Å². The van der Waals surface area contributed by atoms with E-state index in [-0.39, 0.29) is 29.8 Å². The first kappa shape index (κ1) is 19.7. The van der Waals surface area contributed by atoms with Crippen LogP contribution in [0.2, 0.25) is 0 Å². The van der Waals surface area contributed by atoms with Crippen molar-refractivity contribution in [2.24, 2.45) is 23.7 Å². The molecule has 1 aromatic rings. The predicted molar refractivity (Wildman–Crippen MR) is 108 cm³/mol. The van der Waals surface area contributed by atoms with Gasteiger partial charge in [0.05, 0.1) is 11.7 Å². The second-order valence-electron chi connectivity index (χ2n) is 9.46. The van der Waals surface area contributed by atoms with Gasteiger partial charge in [0.15, 0.2) is 0 Å². The fraction of sp³-hybridized carbons (Fsp3) is 0.625. The Labute approximate surface area is 167 Å². The van der Waals surface area contributed by atoms with Crippen molar-refractivity contribution in [3.8, 4) is 0 Å². The number of carbonyl (C=O) groups excluding carboxylic acids is 1. The summed E-state index contributed by atoms with van der Waals surface area (Å²) in [5.74, 6) is 0.719. The predicted octanol–water partition coefficient (Wildman–Crippen LogP) is 4.22. The number of benzene rings is 1. The normalized spacial score (nSPS) is 42.1. The first-order valence-corrected chi connectivity index (χ1v) is 10.6. The molecule has 0 amide bonds. The van der Waals surface area contributed by atoms with E-state index in [0.717, 1.165) is 18.4 Å². The van der Waals surface area contributed by atoms with Crippen LogP contribution in [0, 0.1) is 23.7 Å². The smallest absolute Gasteiger partial charge is 0.331 e. The molecule has 0 aromatic heterocycles. The topological polar surface area (TPSA) is 55.8 Å². The van der Waals surface area contributed by atoms with Gasteiger partial charge in [-0.15, -0.1) is 0 Å². The van der Waals surface area contributed by atoms with Crippen molar-refractivity contribution in [3.63, 3.8) is 0 Å². The van der Waals surface area contributed by atoms with Gasteiger partial charge >= 0.3 is 5.97 Å². The Morgan fingerprint density at radius 1 is 1.29 bits per heavy atom. The monoisotopic (exact) mass is 384 g/mol. The third kappa shape index (κ3) is 2.93. The van der Waals surface area contributed by atoms with Crippen LogP contribution < -0.4 is 0 Å². The molecule has 4 heteroatoms. The van der Waals surface area contributed by atoms with E-state index >= 15 is 0 Å². The Bertz CT molecular complexity index is 757. The Morgan fingerprint density at radius 2 is 2.00 bits per heavy atom. The molecule has 28 heavy (non-hydrogen) atoms. The molecule has 1 aliphatic carbocycles. The number of carbonyl (C=O) groups is 1. The minimum absolute atomic E-state index is 0.147. The van der Waals surface area contributed by atoms with Gasteiger partial charge < -0.3 is 14.6 Å². The summed E-state index contributed by atoms with van der Waals surface area (Å²) < 4.78 is 12.8. The first-order chi connectivity index (χ1) is 13.3. The largest absolute Gasteiger partial charge is 0.456 e. The van der Waals surface area contributed by atoms with E-state index in [4.69, 9.17) is 9.47 Å². The van der Waals surface area contributed by atoms with Crippen molar-refractivity contribution in [2.75, 3.05) is 0 Å². The molecular weight excluding hydrogens is 352 g/mol. The Hall–Kier alpha value is -1.65. The van der Waals surface area contributed by atoms with Gasteiger partial charge in [-0.25, -0.2) is 4.79 Å². The number of esters is 1. The van der Waals surface area contributed by atoms with E-state index in [1.54, 1.807) is 6.08 Å². The minimum atomic E-state index is -0.621. The van der Waals surface area contributed by atoms with Gasteiger partial charge in [0.2, 0.25) is 0 Å². The highest BCUT2D eigenvalue weighted by Crippen LogP contribution is 2.62. The average molecular weight is 385 g/mol. The van der Waals surface area contributed by atoms with Crippen molar-refractivity contribution in [1.29, 1.82) is 0 Å². The molecule has 4 rings (SSSR count). The second kappa shape index (κ2) is 7.00. The molecular formula is C24H32O4. The van der Waals surface area contributed by atoms with Crippen LogP contribution in [-0.2, 0) is 14.3 Å². The Balaban J connectivity index is 1.63. The number of hydrogen-bond donors (Lipinski definition) is 1. The molecule has 1 aromatic carbocycles. The molecule has 0 spiro atoms. The summed E-state index contributed by atoms with van der Waals surface area (Å²) in [7, 11) is 0. The van der Waals surface area contributed by atoms with E-state index in [1.807, 2.05) is 30.3 Å². The maximum atomic E-state index is 12.8. The SMILES string of the molecule is CC(C)[C@@]12C[C@@H](O)[C@@](C)(O1)[C@@H]1CC[C@@H](C)C1[C@@H]2OC(=O)/C=C/c1ccccc1. The number of hydrogen-bond acceptors (Lipinski definition) is 4. The number of aliphatic hydroxyl groups excluding tert-OH is 1. The van der Waals surface area contributed by atoms with Gasteiger partial charge in [0.1, 0.15) is 11.7 Å². The molecule has 152 valence electrons. The first-order valence-electron chi connectivity index (χ1n) is 10.6. The van der Waals surface area contributed by atoms with Crippen LogP contribution in [0.5, 0.6) is 0 Å². The summed E-state index contributed by atoms with van der Waals surface area (Å²) >= 11 is 0. The quantitative estimate of drug-likeness (QED) is 0.624. The standard InChI is InChI=1S/C24H32O4/c1-15(2)24-14-19(25)23(4,28-24)18-12-10-16(3)21(18)22(24)27-20(26)13-11-17-8-6-5-7-9-17/h5-9,11,13,15-16,18-19,21-22,25H,10,12,14H2,1-4H3/b13-11+/t16-,18-,19-,21?,22+,23+,24-/m1/s1. The van der Waals surface area contributed by atoms with E-state index in [9.17, 15) is 9.90 Å². The van der Waals surface area contributed by atoms with Crippen molar-refractivity contribution in [1.82, 2.24) is 0 Å². The lowest BCUT2D eigenvalue weighted by Gasteiger charge is -2.52. The maximum absolute atomic E-state index is 12.8. The fourth-order valence-electron chi connectivity index (χ4n) is 6.00. The van der Waals surface area contributed by atoms with Crippen molar-refractivity contribution >= 4 is 12.0 Å². The zero-order valence-corrected chi connectivity index (χ0v) is 17.3. The summed E-state index contributed by atoms with van der Waals surface area (Å²) in [5, 5.41) is 10.9. The van der Waals surface area contributed by atoms with Crippen LogP contribution in [-0.4, -0.2) is 34.5 Å². The molecule has 1 unspecified atom stereocenters. The molecule has 2 saturated heterocycles. The summed E-state index contributed by atoms with van der Waals surface area (Å²) in [6, 6.07) is 9.75. The van der Waals surface area contributed by atoms with Gasteiger partial charge in [-0.1, -0.05) is 51.1 Å². The third-order valence-corrected chi connectivity index (χ3v) is 7.64. The number of ether oxygens (including phenoxy) is 2. The summed E-state index contributed by atoms with van der Waals surface area (Å²) in [6.45, 7) is 8.53. The average Bonchev–Trinajstić information content (AvgIpc) is 3.16. The summed E-state index contributed by atoms with van der Waals surface area (Å²) in [6.07, 6.45) is 5.09. The number of aliphatic hydroxyl groups is 1. The highest BCUT2D eigenvalue weighted by molar-refractivity contribution is 5.87. The van der Waals surface area contributed by atoms with Gasteiger partial charge in [0.25, 0.3) is 0 Å². The number of fused-ring (bicyclic) bond motifs is 4.